The molecular formula is C43H68O11Si2. The fourth-order valence-corrected chi connectivity index (χ4v) is 16.8. The van der Waals surface area contributed by atoms with Crippen molar-refractivity contribution < 1.29 is 52.4 Å². The number of aliphatic hydroxyl groups is 2. The molecular weight excluding hydrogens is 749 g/mol. The van der Waals surface area contributed by atoms with Crippen molar-refractivity contribution in [3.8, 4) is 0 Å². The van der Waals surface area contributed by atoms with Gasteiger partial charge in [-0.25, -0.2) is 4.79 Å². The molecule has 1 saturated heterocycles. The van der Waals surface area contributed by atoms with Gasteiger partial charge in [-0.05, 0) is 66.5 Å². The first kappa shape index (κ1) is 44.7. The molecule has 0 radical (unpaired) electrons. The van der Waals surface area contributed by atoms with Crippen LogP contribution in [0.5, 0.6) is 0 Å². The predicted octanol–water partition coefficient (Wildman–Crippen LogP) is 7.50. The molecule has 314 valence electrons. The third-order valence-corrected chi connectivity index (χ3v) is 24.3. The maximum Gasteiger partial charge on any atom is 0.338 e. The minimum Gasteiger partial charge on any atom is -0.455 e. The SMILES string of the molecule is CC[Si](CC)(CC)O[C@H]1C[C@@]2(O)[C@@H](OC(=O)c3ccccc3)[C@@H]3[C@]4(OC(C)=O)CO[C@@H]4C[C@H](O[Si](CC)(CC)CC)[C@@]3(C)[C@H](O)[C@H](OC(C)=O)C(=C1C)C2(C)C. The first-order valence-electron chi connectivity index (χ1n) is 21.0. The summed E-state index contributed by atoms with van der Waals surface area (Å²) in [7, 11) is -4.81. The maximum atomic E-state index is 14.5. The van der Waals surface area contributed by atoms with Crippen molar-refractivity contribution in [3.63, 3.8) is 0 Å². The Morgan fingerprint density at radius 3 is 1.88 bits per heavy atom. The van der Waals surface area contributed by atoms with E-state index in [-0.39, 0.29) is 25.0 Å². The van der Waals surface area contributed by atoms with E-state index in [0.29, 0.717) is 5.57 Å². The van der Waals surface area contributed by atoms with Crippen molar-refractivity contribution in [3.05, 3.63) is 47.0 Å². The molecule has 10 atom stereocenters. The lowest BCUT2D eigenvalue weighted by atomic mass is 9.44. The summed E-state index contributed by atoms with van der Waals surface area (Å²) < 4.78 is 40.4. The zero-order valence-corrected chi connectivity index (χ0v) is 37.9. The van der Waals surface area contributed by atoms with E-state index in [1.54, 1.807) is 30.3 Å². The normalized spacial score (nSPS) is 35.2. The summed E-state index contributed by atoms with van der Waals surface area (Å²) >= 11 is 0. The van der Waals surface area contributed by atoms with Gasteiger partial charge in [-0.1, -0.05) is 80.5 Å². The van der Waals surface area contributed by atoms with Crippen LogP contribution in [0.1, 0.15) is 106 Å². The molecule has 2 bridgehead atoms. The fraction of sp³-hybridized carbons (Fsp3) is 0.744. The number of carbonyl (C=O) groups is 3. The summed E-state index contributed by atoms with van der Waals surface area (Å²) in [5, 5.41) is 27.4. The van der Waals surface area contributed by atoms with E-state index < -0.39 is 99.1 Å². The summed E-state index contributed by atoms with van der Waals surface area (Å²) in [4.78, 5) is 41.0. The van der Waals surface area contributed by atoms with Gasteiger partial charge < -0.3 is 38.0 Å². The smallest absolute Gasteiger partial charge is 0.338 e. The molecule has 2 N–H and O–H groups in total. The molecule has 0 unspecified atom stereocenters. The van der Waals surface area contributed by atoms with Gasteiger partial charge >= 0.3 is 17.9 Å². The predicted molar refractivity (Wildman–Crippen MR) is 218 cm³/mol. The molecule has 11 nitrogen and oxygen atoms in total. The number of rotatable bonds is 14. The van der Waals surface area contributed by atoms with Gasteiger partial charge in [0.1, 0.15) is 23.9 Å². The van der Waals surface area contributed by atoms with Crippen LogP contribution in [-0.2, 0) is 37.4 Å². The monoisotopic (exact) mass is 816 g/mol. The van der Waals surface area contributed by atoms with Gasteiger partial charge in [0.25, 0.3) is 0 Å². The Labute approximate surface area is 336 Å². The molecule has 1 heterocycles. The molecule has 4 aliphatic rings. The zero-order chi connectivity index (χ0) is 41.6. The van der Waals surface area contributed by atoms with Crippen molar-refractivity contribution in [2.24, 2.45) is 16.7 Å². The number of fused-ring (bicyclic) bond motifs is 5. The molecule has 56 heavy (non-hydrogen) atoms. The fourth-order valence-electron chi connectivity index (χ4n) is 11.0. The molecule has 0 amide bonds. The number of aliphatic hydroxyl groups excluding tert-OH is 1. The Hall–Kier alpha value is -2.40. The van der Waals surface area contributed by atoms with E-state index >= 15 is 0 Å². The largest absolute Gasteiger partial charge is 0.455 e. The van der Waals surface area contributed by atoms with Crippen LogP contribution in [0, 0.1) is 16.7 Å². The van der Waals surface area contributed by atoms with Gasteiger partial charge in [-0.15, -0.1) is 0 Å². The Morgan fingerprint density at radius 1 is 0.839 bits per heavy atom. The second-order valence-corrected chi connectivity index (χ2v) is 27.1. The number of hydrogen-bond acceptors (Lipinski definition) is 11. The van der Waals surface area contributed by atoms with E-state index in [0.717, 1.165) is 41.8 Å². The number of ether oxygens (including phenoxy) is 4. The Kier molecular flexibility index (Phi) is 13.0. The standard InChI is InChI=1S/C43H68O11Si2/c1-13-55(14-2,15-3)53-31-25-43(48)38(51-39(47)30-22-20-19-21-23-30)36-41(12,37(46)35(50-28(8)44)34(27(31)7)40(43,10)11)32(54-56(16-4,17-5)18-6)24-33-42(36,26-49-33)52-29(9)45/h19-23,31-33,35-38,46,48H,13-18,24-26H2,1-12H3/t31-,32-,33+,35+,36-,37+,38-,41+,42-,43+/m0/s1. The van der Waals surface area contributed by atoms with Crippen LogP contribution in [-0.4, -0.2) is 99.2 Å². The van der Waals surface area contributed by atoms with E-state index in [1.165, 1.54) is 13.8 Å². The highest BCUT2D eigenvalue weighted by Gasteiger charge is 2.78. The van der Waals surface area contributed by atoms with Crippen LogP contribution in [0.15, 0.2) is 41.5 Å². The van der Waals surface area contributed by atoms with Crippen LogP contribution in [0.4, 0.5) is 0 Å². The third kappa shape index (κ3) is 7.08. The van der Waals surface area contributed by atoms with Gasteiger partial charge in [-0.2, -0.15) is 0 Å². The number of benzene rings is 1. The second-order valence-electron chi connectivity index (χ2n) is 17.6. The summed E-state index contributed by atoms with van der Waals surface area (Å²) in [6.07, 6.45) is -5.88. The summed E-state index contributed by atoms with van der Waals surface area (Å²) in [6.45, 7) is 22.9. The Morgan fingerprint density at radius 2 is 1.39 bits per heavy atom. The van der Waals surface area contributed by atoms with E-state index in [2.05, 4.69) is 41.5 Å². The topological polar surface area (TPSA) is 147 Å². The summed E-state index contributed by atoms with van der Waals surface area (Å²) in [5.41, 5.74) is -4.49. The highest BCUT2D eigenvalue weighted by molar-refractivity contribution is 6.74. The average Bonchev–Trinajstić information content (AvgIpc) is 3.16. The molecule has 0 spiro atoms. The lowest BCUT2D eigenvalue weighted by Crippen LogP contribution is -2.83. The third-order valence-electron chi connectivity index (χ3n) is 15.0. The molecule has 1 aromatic rings. The van der Waals surface area contributed by atoms with E-state index in [4.69, 9.17) is 27.8 Å². The van der Waals surface area contributed by atoms with Crippen molar-refractivity contribution in [2.45, 2.75) is 180 Å². The van der Waals surface area contributed by atoms with Crippen molar-refractivity contribution in [2.75, 3.05) is 6.61 Å². The number of esters is 3. The van der Waals surface area contributed by atoms with Crippen molar-refractivity contribution in [1.29, 1.82) is 0 Å². The van der Waals surface area contributed by atoms with Crippen LogP contribution < -0.4 is 0 Å². The molecule has 3 aliphatic carbocycles. The van der Waals surface area contributed by atoms with Crippen LogP contribution in [0.2, 0.25) is 36.3 Å². The average molecular weight is 817 g/mol. The first-order valence-corrected chi connectivity index (χ1v) is 26.0. The minimum atomic E-state index is -2.45. The van der Waals surface area contributed by atoms with Crippen molar-refractivity contribution in [1.82, 2.24) is 0 Å². The van der Waals surface area contributed by atoms with Gasteiger partial charge in [0.2, 0.25) is 0 Å². The Balaban J connectivity index is 1.91. The highest BCUT2D eigenvalue weighted by Crippen LogP contribution is 2.66. The van der Waals surface area contributed by atoms with Crippen LogP contribution in [0.3, 0.4) is 0 Å². The minimum absolute atomic E-state index is 0.0387. The van der Waals surface area contributed by atoms with Gasteiger partial charge in [0.15, 0.2) is 28.3 Å². The molecule has 1 aliphatic heterocycles. The zero-order valence-electron chi connectivity index (χ0n) is 35.9. The van der Waals surface area contributed by atoms with Gasteiger partial charge in [0.05, 0.1) is 30.3 Å². The maximum absolute atomic E-state index is 14.5. The quantitative estimate of drug-likeness (QED) is 0.0833. The van der Waals surface area contributed by atoms with Crippen molar-refractivity contribution >= 4 is 34.5 Å². The summed E-state index contributed by atoms with van der Waals surface area (Å²) in [6, 6.07) is 13.6. The van der Waals surface area contributed by atoms with Gasteiger partial charge in [0, 0.05) is 37.5 Å². The molecule has 3 fully saturated rings. The van der Waals surface area contributed by atoms with Crippen LogP contribution >= 0.6 is 0 Å². The van der Waals surface area contributed by atoms with E-state index in [9.17, 15) is 24.6 Å². The number of carbonyl (C=O) groups excluding carboxylic acids is 3. The molecule has 1 aromatic carbocycles. The molecule has 13 heteroatoms. The lowest BCUT2D eigenvalue weighted by molar-refractivity contribution is -0.363. The lowest BCUT2D eigenvalue weighted by Gasteiger charge is -2.70. The first-order chi connectivity index (χ1) is 26.3. The highest BCUT2D eigenvalue weighted by atomic mass is 28.4. The second kappa shape index (κ2) is 16.3. The van der Waals surface area contributed by atoms with Crippen LogP contribution in [0.25, 0.3) is 0 Å². The Bertz CT molecular complexity index is 1620. The molecule has 0 aromatic heterocycles. The number of hydrogen-bond donors (Lipinski definition) is 2. The van der Waals surface area contributed by atoms with E-state index in [1.807, 2.05) is 27.7 Å². The van der Waals surface area contributed by atoms with Gasteiger partial charge in [-0.3, -0.25) is 9.59 Å². The summed E-state index contributed by atoms with van der Waals surface area (Å²) in [5.74, 6) is -2.94. The molecule has 5 rings (SSSR count). The molecule has 2 saturated carbocycles.